The highest BCUT2D eigenvalue weighted by Gasteiger charge is 2.20. The van der Waals surface area contributed by atoms with E-state index in [0.29, 0.717) is 12.4 Å². The summed E-state index contributed by atoms with van der Waals surface area (Å²) < 4.78 is 5.08. The Morgan fingerprint density at radius 1 is 1.15 bits per heavy atom. The van der Waals surface area contributed by atoms with Gasteiger partial charge in [-0.25, -0.2) is 9.97 Å². The molecular formula is C18H25IN6O. The van der Waals surface area contributed by atoms with Gasteiger partial charge in [0.2, 0.25) is 5.88 Å². The van der Waals surface area contributed by atoms with Crippen LogP contribution in [0.3, 0.4) is 0 Å². The summed E-state index contributed by atoms with van der Waals surface area (Å²) in [6.45, 7) is 4.38. The maximum atomic E-state index is 5.08. The molecule has 0 aromatic carbocycles. The molecule has 2 aromatic heterocycles. The van der Waals surface area contributed by atoms with Crippen LogP contribution in [-0.2, 0) is 6.54 Å². The van der Waals surface area contributed by atoms with Crippen molar-refractivity contribution in [2.45, 2.75) is 6.54 Å². The average molecular weight is 468 g/mol. The number of halogens is 1. The molecule has 1 saturated heterocycles. The van der Waals surface area contributed by atoms with Crippen molar-refractivity contribution in [1.82, 2.24) is 20.2 Å². The third-order valence-electron chi connectivity index (χ3n) is 4.22. The minimum atomic E-state index is 0. The highest BCUT2D eigenvalue weighted by atomic mass is 127. The Labute approximate surface area is 171 Å². The summed E-state index contributed by atoms with van der Waals surface area (Å²) in [7, 11) is 3.44. The summed E-state index contributed by atoms with van der Waals surface area (Å²) in [5.41, 5.74) is 1.09. The van der Waals surface area contributed by atoms with Gasteiger partial charge in [-0.1, -0.05) is 12.1 Å². The number of rotatable bonds is 4. The normalized spacial score (nSPS) is 14.6. The van der Waals surface area contributed by atoms with Crippen molar-refractivity contribution in [2.75, 3.05) is 45.2 Å². The third kappa shape index (κ3) is 5.20. The van der Waals surface area contributed by atoms with E-state index in [2.05, 4.69) is 36.1 Å². The van der Waals surface area contributed by atoms with Crippen LogP contribution in [0.25, 0.3) is 0 Å². The van der Waals surface area contributed by atoms with E-state index in [9.17, 15) is 0 Å². The molecule has 0 saturated carbocycles. The fourth-order valence-electron chi connectivity index (χ4n) is 2.84. The molecule has 0 spiro atoms. The van der Waals surface area contributed by atoms with Crippen LogP contribution in [-0.4, -0.2) is 61.2 Å². The topological polar surface area (TPSA) is 65.9 Å². The van der Waals surface area contributed by atoms with E-state index in [1.807, 2.05) is 43.7 Å². The van der Waals surface area contributed by atoms with Crippen LogP contribution >= 0.6 is 24.0 Å². The van der Waals surface area contributed by atoms with E-state index in [0.717, 1.165) is 43.5 Å². The lowest BCUT2D eigenvalue weighted by Gasteiger charge is -2.37. The number of guanidine groups is 1. The molecule has 3 heterocycles. The number of hydrogen-bond donors (Lipinski definition) is 1. The van der Waals surface area contributed by atoms with Crippen LogP contribution < -0.4 is 15.0 Å². The van der Waals surface area contributed by atoms with Gasteiger partial charge in [-0.2, -0.15) is 0 Å². The second kappa shape index (κ2) is 10.1. The Kier molecular flexibility index (Phi) is 7.89. The average Bonchev–Trinajstić information content (AvgIpc) is 2.70. The summed E-state index contributed by atoms with van der Waals surface area (Å²) in [6.07, 6.45) is 3.66. The van der Waals surface area contributed by atoms with Crippen molar-refractivity contribution in [1.29, 1.82) is 0 Å². The molecule has 0 amide bonds. The summed E-state index contributed by atoms with van der Waals surface area (Å²) in [6, 6.07) is 9.90. The smallest absolute Gasteiger partial charge is 0.212 e. The van der Waals surface area contributed by atoms with Gasteiger partial charge >= 0.3 is 0 Å². The number of nitrogens with zero attached hydrogens (tertiary/aromatic N) is 5. The predicted molar refractivity (Wildman–Crippen MR) is 114 cm³/mol. The Balaban J connectivity index is 0.00000243. The van der Waals surface area contributed by atoms with Crippen molar-refractivity contribution in [3.8, 4) is 5.88 Å². The number of aromatic nitrogens is 2. The number of ether oxygens (including phenoxy) is 1. The molecule has 0 aliphatic carbocycles. The zero-order valence-electron chi connectivity index (χ0n) is 15.1. The van der Waals surface area contributed by atoms with Gasteiger partial charge in [0.15, 0.2) is 5.96 Å². The first-order valence-electron chi connectivity index (χ1n) is 8.40. The molecule has 8 heteroatoms. The van der Waals surface area contributed by atoms with Crippen molar-refractivity contribution < 1.29 is 4.74 Å². The Morgan fingerprint density at radius 2 is 1.96 bits per heavy atom. The fourth-order valence-corrected chi connectivity index (χ4v) is 2.84. The van der Waals surface area contributed by atoms with Gasteiger partial charge in [-0.05, 0) is 17.7 Å². The second-order valence-electron chi connectivity index (χ2n) is 5.77. The zero-order chi connectivity index (χ0) is 17.5. The number of piperazine rings is 1. The molecular weight excluding hydrogens is 443 g/mol. The lowest BCUT2D eigenvalue weighted by molar-refractivity contribution is 0.371. The molecule has 3 rings (SSSR count). The minimum absolute atomic E-state index is 0. The molecule has 0 atom stereocenters. The first-order valence-corrected chi connectivity index (χ1v) is 8.40. The molecule has 1 N–H and O–H groups in total. The van der Waals surface area contributed by atoms with Gasteiger partial charge in [-0.15, -0.1) is 24.0 Å². The quantitative estimate of drug-likeness (QED) is 0.421. The zero-order valence-corrected chi connectivity index (χ0v) is 17.5. The van der Waals surface area contributed by atoms with E-state index in [1.165, 1.54) is 0 Å². The van der Waals surface area contributed by atoms with Crippen LogP contribution in [0.2, 0.25) is 0 Å². The molecule has 0 bridgehead atoms. The maximum Gasteiger partial charge on any atom is 0.212 e. The number of hydrogen-bond acceptors (Lipinski definition) is 5. The van der Waals surface area contributed by atoms with Crippen molar-refractivity contribution in [2.24, 2.45) is 4.99 Å². The summed E-state index contributed by atoms with van der Waals surface area (Å²) in [5, 5.41) is 3.41. The number of aliphatic imine (C=N–C) groups is 1. The molecule has 0 radical (unpaired) electrons. The van der Waals surface area contributed by atoms with Crippen LogP contribution in [0.5, 0.6) is 5.88 Å². The molecule has 26 heavy (non-hydrogen) atoms. The van der Waals surface area contributed by atoms with Gasteiger partial charge < -0.3 is 19.9 Å². The van der Waals surface area contributed by atoms with Gasteiger partial charge in [0.05, 0.1) is 7.11 Å². The van der Waals surface area contributed by atoms with E-state index in [-0.39, 0.29) is 24.0 Å². The lowest BCUT2D eigenvalue weighted by atomic mass is 10.3. The Bertz CT molecular complexity index is 687. The SMILES string of the molecule is CN=C(NCc1ccc(OC)nc1)N1CCN(c2ccccn2)CC1.I. The van der Waals surface area contributed by atoms with E-state index >= 15 is 0 Å². The number of anilines is 1. The monoisotopic (exact) mass is 468 g/mol. The summed E-state index contributed by atoms with van der Waals surface area (Å²) >= 11 is 0. The van der Waals surface area contributed by atoms with Crippen molar-refractivity contribution in [3.63, 3.8) is 0 Å². The molecule has 1 aliphatic rings. The van der Waals surface area contributed by atoms with E-state index < -0.39 is 0 Å². The lowest BCUT2D eigenvalue weighted by Crippen LogP contribution is -2.52. The van der Waals surface area contributed by atoms with Crippen molar-refractivity contribution >= 4 is 35.8 Å². The van der Waals surface area contributed by atoms with Gasteiger partial charge in [0, 0.05) is 58.2 Å². The highest BCUT2D eigenvalue weighted by molar-refractivity contribution is 14.0. The highest BCUT2D eigenvalue weighted by Crippen LogP contribution is 2.13. The third-order valence-corrected chi connectivity index (χ3v) is 4.22. The van der Waals surface area contributed by atoms with Gasteiger partial charge in [-0.3, -0.25) is 4.99 Å². The first-order chi connectivity index (χ1) is 12.3. The largest absolute Gasteiger partial charge is 0.481 e. The van der Waals surface area contributed by atoms with Gasteiger partial charge in [0.25, 0.3) is 0 Å². The first kappa shape index (κ1) is 20.2. The van der Waals surface area contributed by atoms with Gasteiger partial charge in [0.1, 0.15) is 5.82 Å². The maximum absolute atomic E-state index is 5.08. The predicted octanol–water partition coefficient (Wildman–Crippen LogP) is 2.00. The Morgan fingerprint density at radius 3 is 2.54 bits per heavy atom. The van der Waals surface area contributed by atoms with Crippen LogP contribution in [0, 0.1) is 0 Å². The molecule has 2 aromatic rings. The van der Waals surface area contributed by atoms with E-state index in [1.54, 1.807) is 7.11 Å². The van der Waals surface area contributed by atoms with E-state index in [4.69, 9.17) is 4.74 Å². The fraction of sp³-hybridized carbons (Fsp3) is 0.389. The van der Waals surface area contributed by atoms with Crippen molar-refractivity contribution in [3.05, 3.63) is 48.3 Å². The molecule has 1 fully saturated rings. The number of methoxy groups -OCH3 is 1. The number of nitrogens with one attached hydrogen (secondary N) is 1. The molecule has 1 aliphatic heterocycles. The summed E-state index contributed by atoms with van der Waals surface area (Å²) in [5.74, 6) is 2.57. The summed E-state index contributed by atoms with van der Waals surface area (Å²) in [4.78, 5) is 17.6. The molecule has 0 unspecified atom stereocenters. The van der Waals surface area contributed by atoms with Crippen LogP contribution in [0.15, 0.2) is 47.7 Å². The Hall–Kier alpha value is -2.10. The second-order valence-corrected chi connectivity index (χ2v) is 5.77. The minimum Gasteiger partial charge on any atom is -0.481 e. The molecule has 7 nitrogen and oxygen atoms in total. The molecule has 140 valence electrons. The number of pyridine rings is 2. The van der Waals surface area contributed by atoms with Crippen LogP contribution in [0.1, 0.15) is 5.56 Å². The van der Waals surface area contributed by atoms with Crippen LogP contribution in [0.4, 0.5) is 5.82 Å². The standard InChI is InChI=1S/C18H24N6O.HI/c1-19-18(22-14-15-6-7-17(25-2)21-13-15)24-11-9-23(10-12-24)16-5-3-4-8-20-16;/h3-8,13H,9-12,14H2,1-2H3,(H,19,22);1H.